The van der Waals surface area contributed by atoms with Crippen molar-refractivity contribution >= 4 is 18.0 Å². The molecule has 10 nitrogen and oxygen atoms in total. The van der Waals surface area contributed by atoms with Gasteiger partial charge in [-0.15, -0.1) is 0 Å². The molecule has 1 unspecified atom stereocenters. The van der Waals surface area contributed by atoms with Crippen molar-refractivity contribution in [1.82, 2.24) is 4.98 Å². The second kappa shape index (κ2) is 16.3. The number of esters is 1. The van der Waals surface area contributed by atoms with E-state index in [9.17, 15) is 24.9 Å². The van der Waals surface area contributed by atoms with Gasteiger partial charge in [-0.25, -0.2) is 9.78 Å². The van der Waals surface area contributed by atoms with Crippen LogP contribution < -0.4 is 0 Å². The minimum absolute atomic E-state index is 0.114. The molecule has 2 aliphatic rings. The molecule has 1 fully saturated rings. The molecule has 0 radical (unpaired) electrons. The molecule has 248 valence electrons. The van der Waals surface area contributed by atoms with Crippen molar-refractivity contribution in [3.8, 4) is 0 Å². The fourth-order valence-corrected chi connectivity index (χ4v) is 5.76. The number of epoxide rings is 1. The number of cyclic esters (lactones) is 1. The van der Waals surface area contributed by atoms with Crippen molar-refractivity contribution in [3.63, 3.8) is 0 Å². The molecule has 0 spiro atoms. The van der Waals surface area contributed by atoms with E-state index in [4.69, 9.17) is 18.6 Å². The highest BCUT2D eigenvalue weighted by molar-refractivity contribution is 5.82. The summed E-state index contributed by atoms with van der Waals surface area (Å²) in [5.74, 6) is -1.92. The summed E-state index contributed by atoms with van der Waals surface area (Å²) in [7, 11) is 1.60. The van der Waals surface area contributed by atoms with Gasteiger partial charge in [0.1, 0.15) is 29.8 Å². The van der Waals surface area contributed by atoms with Crippen molar-refractivity contribution in [2.45, 2.75) is 103 Å². The third-order valence-corrected chi connectivity index (χ3v) is 8.73. The smallest absolute Gasteiger partial charge is 0.330 e. The van der Waals surface area contributed by atoms with E-state index in [0.717, 1.165) is 16.8 Å². The van der Waals surface area contributed by atoms with Crippen LogP contribution >= 0.6 is 0 Å². The van der Waals surface area contributed by atoms with Crippen LogP contribution in [0.3, 0.4) is 0 Å². The second-order valence-corrected chi connectivity index (χ2v) is 12.6. The first kappa shape index (κ1) is 36.2. The van der Waals surface area contributed by atoms with Gasteiger partial charge in [0.05, 0.1) is 18.3 Å². The van der Waals surface area contributed by atoms with Gasteiger partial charge in [-0.1, -0.05) is 50.3 Å². The fraction of sp³-hybridized carbons (Fsp3) is 0.571. The Morgan fingerprint density at radius 1 is 1.24 bits per heavy atom. The van der Waals surface area contributed by atoms with Crippen LogP contribution in [0.4, 0.5) is 0 Å². The van der Waals surface area contributed by atoms with Gasteiger partial charge >= 0.3 is 11.9 Å². The van der Waals surface area contributed by atoms with Crippen molar-refractivity contribution < 1.29 is 43.5 Å². The number of aromatic nitrogens is 1. The molecule has 0 bridgehead atoms. The molecule has 10 heteroatoms. The van der Waals surface area contributed by atoms with Gasteiger partial charge < -0.3 is 33.9 Å². The fourth-order valence-electron chi connectivity index (χ4n) is 5.76. The minimum Gasteiger partial charge on any atom is -0.481 e. The molecule has 2 aliphatic heterocycles. The van der Waals surface area contributed by atoms with E-state index in [1.165, 1.54) is 6.08 Å². The van der Waals surface area contributed by atoms with Gasteiger partial charge in [0.2, 0.25) is 0 Å². The zero-order chi connectivity index (χ0) is 33.3. The SMILES string of the molecule is CO[C@@H](/C(C)=C/C=C/C(C)=C\c1coc(C)n1)[C@@H](C)[C@@H]1C[C@H](O)[C@@]2(C)O[C@@H]2/C=C/[C@@H](C)C(O)C[C@H](CC(=O)O)C/C=C/C(=O)O1. The van der Waals surface area contributed by atoms with E-state index >= 15 is 0 Å². The highest BCUT2D eigenvalue weighted by Crippen LogP contribution is 2.43. The second-order valence-electron chi connectivity index (χ2n) is 12.6. The summed E-state index contributed by atoms with van der Waals surface area (Å²) in [5.41, 5.74) is 1.74. The van der Waals surface area contributed by atoms with Gasteiger partial charge in [-0.05, 0) is 56.8 Å². The van der Waals surface area contributed by atoms with E-state index in [1.54, 1.807) is 26.4 Å². The number of fused-ring (bicyclic) bond motifs is 1. The molecular weight excluding hydrogens is 578 g/mol. The Labute approximate surface area is 266 Å². The number of aliphatic hydroxyl groups excluding tert-OH is 2. The zero-order valence-corrected chi connectivity index (χ0v) is 27.4. The standard InChI is InChI=1S/C35H49NO9/c1-21(16-27-20-43-25(5)36-27)10-8-11-23(3)34(42-7)24(4)29-19-30(38)35(6)31(45-35)15-14-22(2)28(37)17-26(18-32(39)40)12-9-13-33(41)44-29/h8-11,13-16,20,22,24,26,28-31,34,37-38H,12,17-19H2,1-7H3,(H,39,40)/b10-8+,13-9+,15-14+,21-16-,23-11+/t22-,24+,26-,28?,29+,30+,31-,34+,35-/m1/s1. The Morgan fingerprint density at radius 3 is 2.62 bits per heavy atom. The van der Waals surface area contributed by atoms with Crippen LogP contribution in [0.5, 0.6) is 0 Å². The number of hydrogen-bond donors (Lipinski definition) is 3. The van der Waals surface area contributed by atoms with Crippen LogP contribution in [-0.2, 0) is 23.8 Å². The van der Waals surface area contributed by atoms with Crippen molar-refractivity contribution in [3.05, 3.63) is 71.5 Å². The number of rotatable bonds is 9. The summed E-state index contributed by atoms with van der Waals surface area (Å²) < 4.78 is 22.9. The lowest BCUT2D eigenvalue weighted by atomic mass is 9.85. The number of carboxylic acids is 1. The number of oxazole rings is 1. The average molecular weight is 628 g/mol. The van der Waals surface area contributed by atoms with E-state index in [2.05, 4.69) is 4.98 Å². The number of allylic oxidation sites excluding steroid dienone is 5. The Kier molecular flexibility index (Phi) is 13.1. The molecule has 0 saturated carbocycles. The minimum atomic E-state index is -0.967. The van der Waals surface area contributed by atoms with Crippen LogP contribution in [0.15, 0.2) is 64.4 Å². The van der Waals surface area contributed by atoms with Crippen LogP contribution in [-0.4, -0.2) is 75.5 Å². The number of carbonyl (C=O) groups excluding carboxylic acids is 1. The number of ether oxygens (including phenoxy) is 3. The summed E-state index contributed by atoms with van der Waals surface area (Å²) in [4.78, 5) is 28.8. The van der Waals surface area contributed by atoms with Gasteiger partial charge in [0.25, 0.3) is 0 Å². The van der Waals surface area contributed by atoms with E-state index < -0.39 is 42.0 Å². The summed E-state index contributed by atoms with van der Waals surface area (Å²) in [6.07, 6.45) is 13.2. The Balaban J connectivity index is 1.82. The number of carboxylic acid groups (broad SMARTS) is 1. The van der Waals surface area contributed by atoms with Gasteiger partial charge in [0, 0.05) is 44.8 Å². The van der Waals surface area contributed by atoms with Crippen molar-refractivity contribution in [2.24, 2.45) is 17.8 Å². The molecule has 0 aromatic carbocycles. The molecule has 3 N–H and O–H groups in total. The van der Waals surface area contributed by atoms with Crippen LogP contribution in [0, 0.1) is 24.7 Å². The number of nitrogens with zero attached hydrogens (tertiary/aromatic N) is 1. The molecular formula is C35H49NO9. The molecule has 1 saturated heterocycles. The first-order chi connectivity index (χ1) is 21.2. The molecule has 45 heavy (non-hydrogen) atoms. The predicted octanol–water partition coefficient (Wildman–Crippen LogP) is 5.35. The van der Waals surface area contributed by atoms with Crippen LogP contribution in [0.25, 0.3) is 6.08 Å². The highest BCUT2D eigenvalue weighted by Gasteiger charge is 2.56. The van der Waals surface area contributed by atoms with E-state index in [1.807, 2.05) is 71.1 Å². The molecule has 1 aromatic heterocycles. The number of methoxy groups -OCH3 is 1. The number of carbonyl (C=O) groups is 2. The maximum atomic E-state index is 13.0. The van der Waals surface area contributed by atoms with E-state index in [-0.39, 0.29) is 43.1 Å². The van der Waals surface area contributed by atoms with Crippen molar-refractivity contribution in [2.75, 3.05) is 7.11 Å². The van der Waals surface area contributed by atoms with Gasteiger partial charge in [-0.3, -0.25) is 4.79 Å². The third-order valence-electron chi connectivity index (χ3n) is 8.73. The Morgan fingerprint density at radius 2 is 1.98 bits per heavy atom. The number of aliphatic carboxylic acids is 1. The Bertz CT molecular complexity index is 1310. The lowest BCUT2D eigenvalue weighted by Crippen LogP contribution is -2.41. The van der Waals surface area contributed by atoms with Gasteiger partial charge in [0.15, 0.2) is 5.89 Å². The molecule has 9 atom stereocenters. The van der Waals surface area contributed by atoms with Crippen molar-refractivity contribution in [1.29, 1.82) is 0 Å². The first-order valence-electron chi connectivity index (χ1n) is 15.5. The summed E-state index contributed by atoms with van der Waals surface area (Å²) in [6.45, 7) is 11.3. The molecule has 3 heterocycles. The molecule has 3 rings (SSSR count). The van der Waals surface area contributed by atoms with Crippen LogP contribution in [0.2, 0.25) is 0 Å². The lowest BCUT2D eigenvalue weighted by molar-refractivity contribution is -0.150. The number of hydrogen-bond acceptors (Lipinski definition) is 9. The van der Waals surface area contributed by atoms with E-state index in [0.29, 0.717) is 12.3 Å². The summed E-state index contributed by atoms with van der Waals surface area (Å²) in [5, 5.41) is 31.4. The maximum absolute atomic E-state index is 13.0. The Hall–Kier alpha value is -3.31. The lowest BCUT2D eigenvalue weighted by Gasteiger charge is -2.32. The summed E-state index contributed by atoms with van der Waals surface area (Å²) in [6, 6.07) is 0. The maximum Gasteiger partial charge on any atom is 0.330 e. The largest absolute Gasteiger partial charge is 0.481 e. The third kappa shape index (κ3) is 10.6. The zero-order valence-electron chi connectivity index (χ0n) is 27.4. The first-order valence-corrected chi connectivity index (χ1v) is 15.5. The average Bonchev–Trinajstić information content (AvgIpc) is 3.47. The molecule has 0 aliphatic carbocycles. The summed E-state index contributed by atoms with van der Waals surface area (Å²) >= 11 is 0. The number of aliphatic hydroxyl groups is 2. The highest BCUT2D eigenvalue weighted by atomic mass is 16.6. The van der Waals surface area contributed by atoms with Gasteiger partial charge in [-0.2, -0.15) is 0 Å². The molecule has 0 amide bonds. The number of aryl methyl sites for hydroxylation is 1. The van der Waals surface area contributed by atoms with Crippen LogP contribution in [0.1, 0.15) is 71.9 Å². The monoisotopic (exact) mass is 627 g/mol. The quantitative estimate of drug-likeness (QED) is 0.141. The predicted molar refractivity (Wildman–Crippen MR) is 170 cm³/mol. The topological polar surface area (TPSA) is 152 Å². The molecule has 1 aromatic rings. The normalized spacial score (nSPS) is 33.2.